The number of halogens is 4. The number of hydrogen-bond acceptors (Lipinski definition) is 4. The number of hydrogen-bond donors (Lipinski definition) is 1. The number of nitrogens with one attached hydrogen (secondary N) is 1. The molecule has 0 amide bonds. The lowest BCUT2D eigenvalue weighted by Gasteiger charge is -2.31. The Bertz CT molecular complexity index is 494. The second-order valence-corrected chi connectivity index (χ2v) is 5.67. The molecule has 0 saturated heterocycles. The van der Waals surface area contributed by atoms with E-state index in [-0.39, 0.29) is 29.6 Å². The van der Waals surface area contributed by atoms with Crippen LogP contribution in [0, 0.1) is 17.2 Å². The third-order valence-electron chi connectivity index (χ3n) is 3.23. The summed E-state index contributed by atoms with van der Waals surface area (Å²) >= 11 is 6.73. The van der Waals surface area contributed by atoms with Gasteiger partial charge in [0.15, 0.2) is 5.15 Å². The fourth-order valence-corrected chi connectivity index (χ4v) is 3.28. The Kier molecular flexibility index (Phi) is 4.21. The molecule has 104 valence electrons. The van der Waals surface area contributed by atoms with Crippen LogP contribution in [0.15, 0.2) is 0 Å². The number of rotatable bonds is 2. The normalized spacial score (nSPS) is 23.9. The fourth-order valence-electron chi connectivity index (χ4n) is 2.27. The Labute approximate surface area is 117 Å². The quantitative estimate of drug-likeness (QED) is 0.890. The molecule has 0 radical (unpaired) electrons. The van der Waals surface area contributed by atoms with Crippen molar-refractivity contribution in [2.45, 2.75) is 37.9 Å². The van der Waals surface area contributed by atoms with Crippen molar-refractivity contribution in [3.8, 4) is 6.07 Å². The Morgan fingerprint density at radius 2 is 2.16 bits per heavy atom. The molecule has 1 N–H and O–H groups in total. The molecule has 0 spiro atoms. The van der Waals surface area contributed by atoms with Crippen molar-refractivity contribution < 1.29 is 13.2 Å². The highest BCUT2D eigenvalue weighted by Gasteiger charge is 2.42. The summed E-state index contributed by atoms with van der Waals surface area (Å²) in [5.41, 5.74) is 0.209. The maximum atomic E-state index is 12.7. The molecule has 1 aromatic rings. The molecule has 2 atom stereocenters. The van der Waals surface area contributed by atoms with Gasteiger partial charge in [-0.05, 0) is 30.8 Å². The van der Waals surface area contributed by atoms with Crippen LogP contribution in [0.1, 0.15) is 31.2 Å². The van der Waals surface area contributed by atoms with E-state index in [2.05, 4.69) is 9.69 Å². The zero-order chi connectivity index (χ0) is 14.0. The van der Waals surface area contributed by atoms with E-state index in [0.717, 1.165) is 11.5 Å². The van der Waals surface area contributed by atoms with Crippen LogP contribution in [0.4, 0.5) is 18.2 Å². The van der Waals surface area contributed by atoms with Crippen LogP contribution in [0.25, 0.3) is 0 Å². The SMILES string of the molecule is N#Cc1c(Cl)nsc1NC1CCCC(C(F)(F)F)C1. The number of aromatic nitrogens is 1. The molecule has 8 heteroatoms. The van der Waals surface area contributed by atoms with Crippen molar-refractivity contribution in [3.63, 3.8) is 0 Å². The highest BCUT2D eigenvalue weighted by Crippen LogP contribution is 2.39. The maximum Gasteiger partial charge on any atom is 0.391 e. The van der Waals surface area contributed by atoms with Crippen LogP contribution in [0.5, 0.6) is 0 Å². The van der Waals surface area contributed by atoms with Crippen LogP contribution in [0.2, 0.25) is 5.15 Å². The summed E-state index contributed by atoms with van der Waals surface area (Å²) in [6, 6.07) is 1.62. The monoisotopic (exact) mass is 309 g/mol. The predicted molar refractivity (Wildman–Crippen MR) is 67.3 cm³/mol. The van der Waals surface area contributed by atoms with Gasteiger partial charge in [-0.3, -0.25) is 0 Å². The zero-order valence-electron chi connectivity index (χ0n) is 9.80. The molecule has 0 aromatic carbocycles. The van der Waals surface area contributed by atoms with Crippen molar-refractivity contribution in [2.24, 2.45) is 5.92 Å². The first-order valence-corrected chi connectivity index (χ1v) is 6.95. The minimum Gasteiger partial charge on any atom is -0.372 e. The molecule has 0 bridgehead atoms. The summed E-state index contributed by atoms with van der Waals surface area (Å²) in [4.78, 5) is 0. The number of anilines is 1. The average Bonchev–Trinajstić information content (AvgIpc) is 2.69. The van der Waals surface area contributed by atoms with E-state index in [1.54, 1.807) is 0 Å². The smallest absolute Gasteiger partial charge is 0.372 e. The Hall–Kier alpha value is -1.00. The fraction of sp³-hybridized carbons (Fsp3) is 0.636. The second-order valence-electron chi connectivity index (χ2n) is 4.54. The minimum absolute atomic E-state index is 0.0316. The van der Waals surface area contributed by atoms with Gasteiger partial charge in [0.25, 0.3) is 0 Å². The topological polar surface area (TPSA) is 48.7 Å². The molecule has 1 aliphatic carbocycles. The first kappa shape index (κ1) is 14.4. The van der Waals surface area contributed by atoms with Crippen LogP contribution in [-0.2, 0) is 0 Å². The zero-order valence-corrected chi connectivity index (χ0v) is 11.4. The van der Waals surface area contributed by atoms with Gasteiger partial charge in [0.05, 0.1) is 5.92 Å². The van der Waals surface area contributed by atoms with Crippen LogP contribution in [0.3, 0.4) is 0 Å². The summed E-state index contributed by atoms with van der Waals surface area (Å²) in [7, 11) is 0. The lowest BCUT2D eigenvalue weighted by Crippen LogP contribution is -2.34. The van der Waals surface area contributed by atoms with E-state index in [1.807, 2.05) is 6.07 Å². The number of nitrogens with zero attached hydrogens (tertiary/aromatic N) is 2. The lowest BCUT2D eigenvalue weighted by molar-refractivity contribution is -0.182. The van der Waals surface area contributed by atoms with E-state index < -0.39 is 12.1 Å². The second kappa shape index (κ2) is 5.55. The van der Waals surface area contributed by atoms with Crippen LogP contribution >= 0.6 is 23.1 Å². The minimum atomic E-state index is -4.15. The Morgan fingerprint density at radius 1 is 1.42 bits per heavy atom. The maximum absolute atomic E-state index is 12.7. The first-order valence-electron chi connectivity index (χ1n) is 5.80. The van der Waals surface area contributed by atoms with Crippen molar-refractivity contribution in [1.82, 2.24) is 4.37 Å². The lowest BCUT2D eigenvalue weighted by atomic mass is 9.85. The highest BCUT2D eigenvalue weighted by molar-refractivity contribution is 7.10. The number of alkyl halides is 3. The third kappa shape index (κ3) is 3.31. The third-order valence-corrected chi connectivity index (χ3v) is 4.39. The first-order chi connectivity index (χ1) is 8.91. The van der Waals surface area contributed by atoms with Crippen molar-refractivity contribution in [3.05, 3.63) is 10.7 Å². The van der Waals surface area contributed by atoms with Crippen LogP contribution < -0.4 is 5.32 Å². The van der Waals surface area contributed by atoms with Gasteiger partial charge in [0.2, 0.25) is 0 Å². The Balaban J connectivity index is 2.05. The highest BCUT2D eigenvalue weighted by atomic mass is 35.5. The van der Waals surface area contributed by atoms with Gasteiger partial charge in [-0.1, -0.05) is 18.0 Å². The molecular formula is C11H11ClF3N3S. The predicted octanol–water partition coefficient (Wildman–Crippen LogP) is 4.20. The van der Waals surface area contributed by atoms with Gasteiger partial charge in [-0.15, -0.1) is 0 Å². The van der Waals surface area contributed by atoms with E-state index in [0.29, 0.717) is 17.8 Å². The molecule has 2 unspecified atom stereocenters. The van der Waals surface area contributed by atoms with E-state index in [4.69, 9.17) is 16.9 Å². The summed E-state index contributed by atoms with van der Waals surface area (Å²) in [5, 5.41) is 12.4. The van der Waals surface area contributed by atoms with Gasteiger partial charge in [-0.2, -0.15) is 22.8 Å². The van der Waals surface area contributed by atoms with E-state index in [1.165, 1.54) is 0 Å². The number of nitriles is 1. The summed E-state index contributed by atoms with van der Waals surface area (Å²) in [6.07, 6.45) is -2.76. The molecule has 3 nitrogen and oxygen atoms in total. The van der Waals surface area contributed by atoms with E-state index in [9.17, 15) is 13.2 Å². The van der Waals surface area contributed by atoms with Crippen molar-refractivity contribution in [1.29, 1.82) is 5.26 Å². The summed E-state index contributed by atoms with van der Waals surface area (Å²) < 4.78 is 41.9. The molecule has 2 rings (SSSR count). The van der Waals surface area contributed by atoms with Gasteiger partial charge < -0.3 is 5.32 Å². The van der Waals surface area contributed by atoms with Crippen molar-refractivity contribution in [2.75, 3.05) is 5.32 Å². The molecule has 1 saturated carbocycles. The van der Waals surface area contributed by atoms with E-state index >= 15 is 0 Å². The summed E-state index contributed by atoms with van der Waals surface area (Å²) in [6.45, 7) is 0. The molecule has 1 aliphatic rings. The van der Waals surface area contributed by atoms with Gasteiger partial charge in [0.1, 0.15) is 16.6 Å². The summed E-state index contributed by atoms with van der Waals surface area (Å²) in [5.74, 6) is -1.27. The van der Waals surface area contributed by atoms with Crippen molar-refractivity contribution >= 4 is 28.1 Å². The molecular weight excluding hydrogens is 299 g/mol. The average molecular weight is 310 g/mol. The van der Waals surface area contributed by atoms with Crippen LogP contribution in [-0.4, -0.2) is 16.6 Å². The van der Waals surface area contributed by atoms with Gasteiger partial charge >= 0.3 is 6.18 Å². The van der Waals surface area contributed by atoms with Gasteiger partial charge in [0, 0.05) is 6.04 Å². The molecule has 1 aromatic heterocycles. The molecule has 0 aliphatic heterocycles. The van der Waals surface area contributed by atoms with Gasteiger partial charge in [-0.25, -0.2) is 0 Å². The Morgan fingerprint density at radius 3 is 2.79 bits per heavy atom. The molecule has 1 fully saturated rings. The standard InChI is InChI=1S/C11H11ClF3N3S/c12-9-8(5-16)10(19-18-9)17-7-3-1-2-6(4-7)11(13,14)15/h6-7,17H,1-4H2. The molecule has 19 heavy (non-hydrogen) atoms. The largest absolute Gasteiger partial charge is 0.391 e. The molecule has 1 heterocycles.